The first-order chi connectivity index (χ1) is 13.3. The zero-order chi connectivity index (χ0) is 20.7. The Hall–Kier alpha value is -3.07. The van der Waals surface area contributed by atoms with Crippen LogP contribution in [-0.2, 0) is 21.2 Å². The summed E-state index contributed by atoms with van der Waals surface area (Å²) in [6.45, 7) is 3.92. The Bertz CT molecular complexity index is 968. The fraction of sp³-hybridized carbons (Fsp3) is 0.263. The molecule has 0 aliphatic heterocycles. The van der Waals surface area contributed by atoms with Gasteiger partial charge >= 0.3 is 0 Å². The van der Waals surface area contributed by atoms with Crippen LogP contribution in [0.3, 0.4) is 0 Å². The molecule has 0 aliphatic carbocycles. The number of benzene rings is 2. The van der Waals surface area contributed by atoms with Crippen LogP contribution in [0, 0.1) is 0 Å². The second-order valence-corrected chi connectivity index (χ2v) is 7.43. The summed E-state index contributed by atoms with van der Waals surface area (Å²) in [6, 6.07) is 10.8. The number of carboxylic acids is 1. The van der Waals surface area contributed by atoms with Gasteiger partial charge in [0, 0.05) is 18.0 Å². The lowest BCUT2D eigenvalue weighted by Crippen LogP contribution is -2.24. The molecule has 0 atom stereocenters. The van der Waals surface area contributed by atoms with Gasteiger partial charge in [-0.15, -0.1) is 0 Å². The van der Waals surface area contributed by atoms with Crippen molar-refractivity contribution in [2.75, 3.05) is 13.7 Å². The van der Waals surface area contributed by atoms with Crippen molar-refractivity contribution in [3.05, 3.63) is 53.6 Å². The van der Waals surface area contributed by atoms with Crippen molar-refractivity contribution in [3.8, 4) is 11.5 Å². The van der Waals surface area contributed by atoms with E-state index in [1.165, 1.54) is 19.2 Å². The van der Waals surface area contributed by atoms with Crippen LogP contribution < -0.4 is 19.4 Å². The molecule has 0 fully saturated rings. The van der Waals surface area contributed by atoms with Crippen molar-refractivity contribution in [1.82, 2.24) is 4.83 Å². The molecule has 1 N–H and O–H groups in total. The van der Waals surface area contributed by atoms with E-state index in [-0.39, 0.29) is 11.3 Å². The summed E-state index contributed by atoms with van der Waals surface area (Å²) >= 11 is 0. The number of rotatable bonds is 9. The van der Waals surface area contributed by atoms with Crippen LogP contribution in [0.5, 0.6) is 11.5 Å². The smallest absolute Gasteiger partial charge is 0.276 e. The van der Waals surface area contributed by atoms with E-state index in [2.05, 4.69) is 9.93 Å². The van der Waals surface area contributed by atoms with Crippen molar-refractivity contribution < 1.29 is 27.8 Å². The van der Waals surface area contributed by atoms with Crippen molar-refractivity contribution >= 4 is 21.7 Å². The number of ether oxygens (including phenoxy) is 2. The Morgan fingerprint density at radius 2 is 1.86 bits per heavy atom. The second-order valence-electron chi connectivity index (χ2n) is 5.77. The van der Waals surface area contributed by atoms with Gasteiger partial charge in [0.25, 0.3) is 10.0 Å². The largest absolute Gasteiger partial charge is 0.550 e. The van der Waals surface area contributed by atoms with Gasteiger partial charge in [-0.2, -0.15) is 18.4 Å². The maximum absolute atomic E-state index is 12.4. The predicted molar refractivity (Wildman–Crippen MR) is 102 cm³/mol. The lowest BCUT2D eigenvalue weighted by atomic mass is 10.0. The van der Waals surface area contributed by atoms with Crippen LogP contribution in [0.15, 0.2) is 52.5 Å². The maximum atomic E-state index is 12.4. The molecule has 0 unspecified atom stereocenters. The van der Waals surface area contributed by atoms with Crippen LogP contribution in [-0.4, -0.2) is 33.8 Å². The molecule has 0 bridgehead atoms. The summed E-state index contributed by atoms with van der Waals surface area (Å²) in [4.78, 5) is 13.1. The minimum absolute atomic E-state index is 0.0416. The SMILES string of the molecule is CCOc1ccc(S(=O)(=O)N/N=C(/C)c2ccc(OC)c(CC(=O)[O-])c2)cc1. The summed E-state index contributed by atoms with van der Waals surface area (Å²) in [5, 5.41) is 14.8. The summed E-state index contributed by atoms with van der Waals surface area (Å²) in [6.07, 6.45) is -0.331. The van der Waals surface area contributed by atoms with E-state index in [0.29, 0.717) is 34.9 Å². The molecule has 0 heterocycles. The number of hydrogen-bond acceptors (Lipinski definition) is 7. The van der Waals surface area contributed by atoms with Gasteiger partial charge in [0.2, 0.25) is 0 Å². The minimum atomic E-state index is -3.86. The summed E-state index contributed by atoms with van der Waals surface area (Å²) < 4.78 is 35.2. The molecule has 28 heavy (non-hydrogen) atoms. The third kappa shape index (κ3) is 5.46. The third-order valence-electron chi connectivity index (χ3n) is 3.81. The number of sulfonamides is 1. The van der Waals surface area contributed by atoms with E-state index in [9.17, 15) is 18.3 Å². The van der Waals surface area contributed by atoms with Gasteiger partial charge in [-0.1, -0.05) is 0 Å². The third-order valence-corrected chi connectivity index (χ3v) is 5.04. The first kappa shape index (κ1) is 21.2. The standard InChI is InChI=1S/C19H22N2O6S/c1-4-27-16-6-8-17(9-7-16)28(24,25)21-20-13(2)14-5-10-18(26-3)15(11-14)12-19(22)23/h5-11,21H,4,12H2,1-3H3,(H,22,23)/p-1/b20-13-. The van der Waals surface area contributed by atoms with E-state index < -0.39 is 16.0 Å². The Kier molecular flexibility index (Phi) is 7.00. The fourth-order valence-corrected chi connectivity index (χ4v) is 3.28. The molecular weight excluding hydrogens is 384 g/mol. The second kappa shape index (κ2) is 9.23. The average molecular weight is 405 g/mol. The zero-order valence-electron chi connectivity index (χ0n) is 15.8. The molecule has 0 aliphatic rings. The number of nitrogens with zero attached hydrogens (tertiary/aromatic N) is 1. The molecule has 9 heteroatoms. The van der Waals surface area contributed by atoms with E-state index >= 15 is 0 Å². The van der Waals surface area contributed by atoms with Crippen LogP contribution in [0.1, 0.15) is 25.0 Å². The number of carbonyl (C=O) groups excluding carboxylic acids is 1. The normalized spacial score (nSPS) is 11.8. The quantitative estimate of drug-likeness (QED) is 0.493. The lowest BCUT2D eigenvalue weighted by molar-refractivity contribution is -0.304. The molecule has 2 aromatic rings. The van der Waals surface area contributed by atoms with E-state index in [1.807, 2.05) is 6.92 Å². The number of nitrogens with one attached hydrogen (secondary N) is 1. The molecular formula is C19H21N2O6S-. The lowest BCUT2D eigenvalue weighted by Gasteiger charge is -2.12. The first-order valence-electron chi connectivity index (χ1n) is 8.43. The molecule has 0 spiro atoms. The predicted octanol–water partition coefficient (Wildman–Crippen LogP) is 1.09. The van der Waals surface area contributed by atoms with Gasteiger partial charge in [-0.25, -0.2) is 0 Å². The number of carboxylic acid groups (broad SMARTS) is 1. The number of methoxy groups -OCH3 is 1. The molecule has 0 radical (unpaired) electrons. The Morgan fingerprint density at radius 1 is 1.18 bits per heavy atom. The van der Waals surface area contributed by atoms with E-state index in [0.717, 1.165) is 0 Å². The van der Waals surface area contributed by atoms with Crippen molar-refractivity contribution in [2.45, 2.75) is 25.2 Å². The zero-order valence-corrected chi connectivity index (χ0v) is 16.6. The minimum Gasteiger partial charge on any atom is -0.550 e. The summed E-state index contributed by atoms with van der Waals surface area (Å²) in [5.41, 5.74) is 1.31. The molecule has 0 saturated heterocycles. The van der Waals surface area contributed by atoms with Gasteiger partial charge in [-0.05, 0) is 61.9 Å². The highest BCUT2D eigenvalue weighted by atomic mass is 32.2. The summed E-state index contributed by atoms with van der Waals surface area (Å²) in [7, 11) is -2.43. The number of hydrazone groups is 1. The number of carbonyl (C=O) groups is 1. The Balaban J connectivity index is 2.21. The average Bonchev–Trinajstić information content (AvgIpc) is 2.66. The van der Waals surface area contributed by atoms with Crippen LogP contribution in [0.2, 0.25) is 0 Å². The molecule has 2 aromatic carbocycles. The van der Waals surface area contributed by atoms with Gasteiger partial charge in [0.1, 0.15) is 11.5 Å². The van der Waals surface area contributed by atoms with Gasteiger partial charge in [-0.3, -0.25) is 0 Å². The molecule has 150 valence electrons. The molecule has 8 nitrogen and oxygen atoms in total. The molecule has 0 aromatic heterocycles. The highest BCUT2D eigenvalue weighted by molar-refractivity contribution is 7.89. The highest BCUT2D eigenvalue weighted by Gasteiger charge is 2.14. The van der Waals surface area contributed by atoms with Crippen molar-refractivity contribution in [2.24, 2.45) is 5.10 Å². The van der Waals surface area contributed by atoms with Gasteiger partial charge < -0.3 is 19.4 Å². The highest BCUT2D eigenvalue weighted by Crippen LogP contribution is 2.21. The molecule has 0 amide bonds. The van der Waals surface area contributed by atoms with E-state index in [4.69, 9.17) is 9.47 Å². The molecule has 2 rings (SSSR count). The summed E-state index contributed by atoms with van der Waals surface area (Å²) in [5.74, 6) is -0.281. The van der Waals surface area contributed by atoms with E-state index in [1.54, 1.807) is 37.3 Å². The van der Waals surface area contributed by atoms with Crippen LogP contribution in [0.25, 0.3) is 0 Å². The topological polar surface area (TPSA) is 117 Å². The van der Waals surface area contributed by atoms with Crippen LogP contribution >= 0.6 is 0 Å². The van der Waals surface area contributed by atoms with Crippen molar-refractivity contribution in [1.29, 1.82) is 0 Å². The number of aliphatic carboxylic acids is 1. The monoisotopic (exact) mass is 405 g/mol. The Morgan fingerprint density at radius 3 is 2.43 bits per heavy atom. The van der Waals surface area contributed by atoms with Crippen molar-refractivity contribution in [3.63, 3.8) is 0 Å². The number of hydrogen-bond donors (Lipinski definition) is 1. The maximum Gasteiger partial charge on any atom is 0.276 e. The van der Waals surface area contributed by atoms with Gasteiger partial charge in [0.15, 0.2) is 0 Å². The van der Waals surface area contributed by atoms with Gasteiger partial charge in [0.05, 0.1) is 24.3 Å². The fourth-order valence-electron chi connectivity index (χ4n) is 2.42. The molecule has 0 saturated carbocycles. The Labute approximate surface area is 163 Å². The first-order valence-corrected chi connectivity index (χ1v) is 9.91. The van der Waals surface area contributed by atoms with Crippen LogP contribution in [0.4, 0.5) is 0 Å².